The Morgan fingerprint density at radius 3 is 2.65 bits per heavy atom. The molecule has 0 bridgehead atoms. The molecule has 2 heterocycles. The minimum absolute atomic E-state index is 0.0675. The fraction of sp³-hybridized carbons (Fsp3) is 0.588. The lowest BCUT2D eigenvalue weighted by molar-refractivity contribution is -0.132. The molecule has 124 valence electrons. The van der Waals surface area contributed by atoms with Crippen molar-refractivity contribution in [1.29, 1.82) is 0 Å². The molecule has 3 amide bonds. The van der Waals surface area contributed by atoms with E-state index in [-0.39, 0.29) is 23.9 Å². The Bertz CT molecular complexity index is 559. The van der Waals surface area contributed by atoms with Crippen LogP contribution in [0.1, 0.15) is 37.8 Å². The third-order valence-corrected chi connectivity index (χ3v) is 4.55. The molecule has 3 rings (SSSR count). The van der Waals surface area contributed by atoms with Gasteiger partial charge in [-0.25, -0.2) is 4.79 Å². The van der Waals surface area contributed by atoms with Crippen LogP contribution in [-0.4, -0.2) is 52.9 Å². The van der Waals surface area contributed by atoms with Crippen molar-refractivity contribution in [1.82, 2.24) is 20.1 Å². The molecule has 6 nitrogen and oxygen atoms in total. The van der Waals surface area contributed by atoms with Crippen molar-refractivity contribution in [3.63, 3.8) is 0 Å². The molecule has 1 aliphatic carbocycles. The number of rotatable bonds is 3. The maximum Gasteiger partial charge on any atom is 0.317 e. The highest BCUT2D eigenvalue weighted by Crippen LogP contribution is 2.31. The van der Waals surface area contributed by atoms with Crippen molar-refractivity contribution in [2.24, 2.45) is 5.92 Å². The average Bonchev–Trinajstić information content (AvgIpc) is 3.41. The van der Waals surface area contributed by atoms with Gasteiger partial charge in [0.2, 0.25) is 5.91 Å². The maximum absolute atomic E-state index is 12.4. The molecule has 1 aromatic rings. The molecule has 1 saturated heterocycles. The number of carbonyl (C=O) groups excluding carboxylic acids is 2. The Morgan fingerprint density at radius 2 is 1.96 bits per heavy atom. The second-order valence-electron chi connectivity index (χ2n) is 6.40. The first-order chi connectivity index (χ1) is 11.1. The number of nitrogens with zero attached hydrogens (tertiary/aromatic N) is 3. The molecule has 0 spiro atoms. The molecule has 1 saturated carbocycles. The number of carbonyl (C=O) groups is 2. The molecule has 2 fully saturated rings. The van der Waals surface area contributed by atoms with Gasteiger partial charge in [-0.2, -0.15) is 0 Å². The Morgan fingerprint density at radius 1 is 1.22 bits per heavy atom. The van der Waals surface area contributed by atoms with Crippen molar-refractivity contribution in [2.45, 2.75) is 32.2 Å². The number of nitrogens with one attached hydrogen (secondary N) is 1. The van der Waals surface area contributed by atoms with Gasteiger partial charge in [0.1, 0.15) is 0 Å². The first-order valence-corrected chi connectivity index (χ1v) is 8.39. The number of hydrogen-bond acceptors (Lipinski definition) is 3. The van der Waals surface area contributed by atoms with E-state index < -0.39 is 0 Å². The van der Waals surface area contributed by atoms with Crippen molar-refractivity contribution in [3.05, 3.63) is 30.1 Å². The Kier molecular flexibility index (Phi) is 4.79. The molecule has 0 unspecified atom stereocenters. The minimum Gasteiger partial charge on any atom is -0.341 e. The van der Waals surface area contributed by atoms with Gasteiger partial charge in [-0.1, -0.05) is 6.07 Å². The largest absolute Gasteiger partial charge is 0.341 e. The second-order valence-corrected chi connectivity index (χ2v) is 6.40. The van der Waals surface area contributed by atoms with E-state index in [0.717, 1.165) is 31.4 Å². The van der Waals surface area contributed by atoms with Crippen molar-refractivity contribution in [3.8, 4) is 0 Å². The summed E-state index contributed by atoms with van der Waals surface area (Å²) < 4.78 is 0. The van der Waals surface area contributed by atoms with Crippen LogP contribution in [0.5, 0.6) is 0 Å². The van der Waals surface area contributed by atoms with E-state index in [1.807, 2.05) is 28.9 Å². The molecule has 1 atom stereocenters. The second kappa shape index (κ2) is 6.98. The van der Waals surface area contributed by atoms with Crippen molar-refractivity contribution < 1.29 is 9.59 Å². The smallest absolute Gasteiger partial charge is 0.317 e. The summed E-state index contributed by atoms with van der Waals surface area (Å²) in [4.78, 5) is 32.4. The number of aromatic nitrogens is 1. The van der Waals surface area contributed by atoms with Crippen LogP contribution in [0.4, 0.5) is 4.79 Å². The van der Waals surface area contributed by atoms with E-state index in [0.29, 0.717) is 19.6 Å². The van der Waals surface area contributed by atoms with Gasteiger partial charge in [-0.05, 0) is 37.8 Å². The molecule has 1 aliphatic heterocycles. The standard InChI is InChI=1S/C17H24N4O2/c1-13(15-4-2-7-18-12-15)19-17(23)21-9-3-8-20(10-11-21)16(22)14-5-6-14/h2,4,7,12-14H,3,5-6,8-11H2,1H3,(H,19,23)/t13-/m0/s1. The highest BCUT2D eigenvalue weighted by Gasteiger charge is 2.34. The quantitative estimate of drug-likeness (QED) is 0.924. The molecule has 1 N–H and O–H groups in total. The number of urea groups is 1. The number of pyridine rings is 1. The summed E-state index contributed by atoms with van der Waals surface area (Å²) in [5.41, 5.74) is 0.987. The predicted octanol–water partition coefficient (Wildman–Crippen LogP) is 1.80. The summed E-state index contributed by atoms with van der Waals surface area (Å²) in [5.74, 6) is 0.525. The van der Waals surface area contributed by atoms with Gasteiger partial charge in [0.25, 0.3) is 0 Å². The van der Waals surface area contributed by atoms with Gasteiger partial charge in [0.05, 0.1) is 6.04 Å². The summed E-state index contributed by atoms with van der Waals surface area (Å²) in [5, 5.41) is 3.02. The molecular formula is C17H24N4O2. The van der Waals surface area contributed by atoms with Crippen LogP contribution in [0.25, 0.3) is 0 Å². The van der Waals surface area contributed by atoms with E-state index in [1.165, 1.54) is 0 Å². The van der Waals surface area contributed by atoms with Crippen LogP contribution in [0.15, 0.2) is 24.5 Å². The van der Waals surface area contributed by atoms with Crippen molar-refractivity contribution in [2.75, 3.05) is 26.2 Å². The lowest BCUT2D eigenvalue weighted by atomic mass is 10.1. The molecule has 23 heavy (non-hydrogen) atoms. The zero-order valence-electron chi connectivity index (χ0n) is 13.6. The molecule has 2 aliphatic rings. The zero-order valence-corrected chi connectivity index (χ0v) is 13.6. The summed E-state index contributed by atoms with van der Waals surface area (Å²) in [6.07, 6.45) is 6.39. The van der Waals surface area contributed by atoms with Crippen LogP contribution < -0.4 is 5.32 Å². The lowest BCUT2D eigenvalue weighted by Crippen LogP contribution is -2.43. The molecular weight excluding hydrogens is 292 g/mol. The fourth-order valence-corrected chi connectivity index (χ4v) is 2.92. The highest BCUT2D eigenvalue weighted by molar-refractivity contribution is 5.81. The summed E-state index contributed by atoms with van der Waals surface area (Å²) >= 11 is 0. The van der Waals surface area contributed by atoms with Crippen molar-refractivity contribution >= 4 is 11.9 Å². The van der Waals surface area contributed by atoms with E-state index in [1.54, 1.807) is 12.4 Å². The Balaban J connectivity index is 1.52. The number of hydrogen-bond donors (Lipinski definition) is 1. The Hall–Kier alpha value is -2.11. The molecule has 1 aromatic heterocycles. The van der Waals surface area contributed by atoms with Crippen LogP contribution >= 0.6 is 0 Å². The van der Waals surface area contributed by atoms with Gasteiger partial charge in [0.15, 0.2) is 0 Å². The van der Waals surface area contributed by atoms with E-state index in [2.05, 4.69) is 10.3 Å². The third kappa shape index (κ3) is 4.00. The van der Waals surface area contributed by atoms with Gasteiger partial charge >= 0.3 is 6.03 Å². The van der Waals surface area contributed by atoms with Gasteiger partial charge < -0.3 is 15.1 Å². The molecule has 0 radical (unpaired) electrons. The summed E-state index contributed by atoms with van der Waals surface area (Å²) in [7, 11) is 0. The first-order valence-electron chi connectivity index (χ1n) is 8.39. The molecule has 0 aromatic carbocycles. The normalized spacial score (nSPS) is 19.9. The fourth-order valence-electron chi connectivity index (χ4n) is 2.92. The lowest BCUT2D eigenvalue weighted by Gasteiger charge is -2.24. The van der Waals surface area contributed by atoms with E-state index in [4.69, 9.17) is 0 Å². The Labute approximate surface area is 136 Å². The van der Waals surface area contributed by atoms with Crippen LogP contribution in [-0.2, 0) is 4.79 Å². The summed E-state index contributed by atoms with van der Waals surface area (Å²) in [6.45, 7) is 4.65. The third-order valence-electron chi connectivity index (χ3n) is 4.55. The highest BCUT2D eigenvalue weighted by atomic mass is 16.2. The number of amides is 3. The van der Waals surface area contributed by atoms with Crippen LogP contribution in [0, 0.1) is 5.92 Å². The van der Waals surface area contributed by atoms with Crippen LogP contribution in [0.3, 0.4) is 0 Å². The monoisotopic (exact) mass is 316 g/mol. The van der Waals surface area contributed by atoms with Gasteiger partial charge in [0, 0.05) is 44.5 Å². The molecule has 6 heteroatoms. The van der Waals surface area contributed by atoms with E-state index >= 15 is 0 Å². The van der Waals surface area contributed by atoms with E-state index in [9.17, 15) is 9.59 Å². The topological polar surface area (TPSA) is 65.5 Å². The van der Waals surface area contributed by atoms with Gasteiger partial charge in [-0.15, -0.1) is 0 Å². The predicted molar refractivity (Wildman–Crippen MR) is 86.7 cm³/mol. The summed E-state index contributed by atoms with van der Waals surface area (Å²) in [6, 6.07) is 3.67. The SMILES string of the molecule is C[C@H](NC(=O)N1CCCN(C(=O)C2CC2)CC1)c1cccnc1. The van der Waals surface area contributed by atoms with Gasteiger partial charge in [-0.3, -0.25) is 9.78 Å². The maximum atomic E-state index is 12.4. The van der Waals surface area contributed by atoms with Crippen LogP contribution in [0.2, 0.25) is 0 Å². The zero-order chi connectivity index (χ0) is 16.2. The first kappa shape index (κ1) is 15.8. The average molecular weight is 316 g/mol. The minimum atomic E-state index is -0.0800.